The second kappa shape index (κ2) is 7.44. The number of H-pyrrole nitrogens is 1. The number of nitrogens with one attached hydrogen (secondary N) is 1. The fourth-order valence-electron chi connectivity index (χ4n) is 2.74. The molecule has 1 saturated heterocycles. The van der Waals surface area contributed by atoms with Crippen LogP contribution in [0.5, 0.6) is 0 Å². The van der Waals surface area contributed by atoms with Gasteiger partial charge in [0.15, 0.2) is 5.69 Å². The number of aromatic amines is 1. The van der Waals surface area contributed by atoms with E-state index < -0.39 is 0 Å². The Labute approximate surface area is 139 Å². The van der Waals surface area contributed by atoms with Gasteiger partial charge in [0.2, 0.25) is 0 Å². The van der Waals surface area contributed by atoms with Crippen LogP contribution in [0.3, 0.4) is 0 Å². The number of nitrogens with zero attached hydrogens (tertiary/aromatic N) is 2. The number of amides is 1. The summed E-state index contributed by atoms with van der Waals surface area (Å²) < 4.78 is 5.39. The van der Waals surface area contributed by atoms with Crippen molar-refractivity contribution in [3.63, 3.8) is 0 Å². The van der Waals surface area contributed by atoms with Crippen LogP contribution in [-0.4, -0.2) is 47.3 Å². The lowest BCUT2D eigenvalue weighted by Gasteiger charge is -2.31. The largest absolute Gasteiger partial charge is 0.369 e. The Morgan fingerprint density at radius 2 is 2.35 bits per heavy atom. The molecule has 120 valence electrons. The highest BCUT2D eigenvalue weighted by Crippen LogP contribution is 2.24. The molecule has 0 atom stereocenters. The summed E-state index contributed by atoms with van der Waals surface area (Å²) in [5.74, 6) is 2.94. The van der Waals surface area contributed by atoms with Crippen molar-refractivity contribution in [2.75, 3.05) is 26.3 Å². The third-order valence-corrected chi connectivity index (χ3v) is 4.93. The van der Waals surface area contributed by atoms with E-state index in [4.69, 9.17) is 11.2 Å². The lowest BCUT2D eigenvalue weighted by molar-refractivity contribution is 0.0577. The zero-order chi connectivity index (χ0) is 16.1. The normalized spacial score (nSPS) is 15.5. The first-order valence-corrected chi connectivity index (χ1v) is 8.55. The number of ether oxygens (including phenoxy) is 1. The van der Waals surface area contributed by atoms with Gasteiger partial charge in [-0.1, -0.05) is 12.0 Å². The van der Waals surface area contributed by atoms with Gasteiger partial charge in [0.05, 0.1) is 17.2 Å². The minimum absolute atomic E-state index is 0.00736. The summed E-state index contributed by atoms with van der Waals surface area (Å²) in [5, 5.41) is 9.12. The standard InChI is InChI=1S/C17H19N3O2S/c1-2-9-22-12-13-5-7-20(8-6-13)17(21)15-11-14(18-19-15)16-4-3-10-23-16/h1,3-4,10-11,13H,5-9,12H2,(H,18,19). The maximum absolute atomic E-state index is 12.5. The number of carbonyl (C=O) groups is 1. The number of thiophene rings is 1. The minimum Gasteiger partial charge on any atom is -0.369 e. The number of likely N-dealkylation sites (tertiary alicyclic amines) is 1. The maximum Gasteiger partial charge on any atom is 0.274 e. The average molecular weight is 329 g/mol. The van der Waals surface area contributed by atoms with E-state index in [2.05, 4.69) is 16.1 Å². The van der Waals surface area contributed by atoms with Gasteiger partial charge < -0.3 is 9.64 Å². The molecule has 0 radical (unpaired) electrons. The van der Waals surface area contributed by atoms with Crippen molar-refractivity contribution in [2.24, 2.45) is 5.92 Å². The molecule has 3 rings (SSSR count). The van der Waals surface area contributed by atoms with E-state index in [0.717, 1.165) is 36.5 Å². The summed E-state index contributed by atoms with van der Waals surface area (Å²) in [7, 11) is 0. The molecule has 1 aliphatic rings. The number of rotatable bonds is 5. The predicted octanol–water partition coefficient (Wildman–Crippen LogP) is 2.64. The van der Waals surface area contributed by atoms with Gasteiger partial charge in [0, 0.05) is 13.1 Å². The van der Waals surface area contributed by atoms with Crippen LogP contribution in [0.4, 0.5) is 0 Å². The van der Waals surface area contributed by atoms with Gasteiger partial charge in [-0.2, -0.15) is 5.10 Å². The first kappa shape index (κ1) is 15.8. The van der Waals surface area contributed by atoms with Gasteiger partial charge in [-0.3, -0.25) is 9.89 Å². The molecule has 6 heteroatoms. The molecule has 1 fully saturated rings. The average Bonchev–Trinajstić information content (AvgIpc) is 3.26. The molecule has 0 saturated carbocycles. The topological polar surface area (TPSA) is 58.2 Å². The lowest BCUT2D eigenvalue weighted by atomic mass is 9.97. The number of aromatic nitrogens is 2. The minimum atomic E-state index is -0.00736. The molecule has 2 aromatic heterocycles. The summed E-state index contributed by atoms with van der Waals surface area (Å²) in [6.45, 7) is 2.52. The smallest absolute Gasteiger partial charge is 0.274 e. The van der Waals surface area contributed by atoms with Crippen molar-refractivity contribution >= 4 is 17.2 Å². The Morgan fingerprint density at radius 1 is 1.52 bits per heavy atom. The molecule has 0 aromatic carbocycles. The van der Waals surface area contributed by atoms with Crippen molar-refractivity contribution in [3.05, 3.63) is 29.3 Å². The zero-order valence-corrected chi connectivity index (χ0v) is 13.6. The number of hydrogen-bond donors (Lipinski definition) is 1. The van der Waals surface area contributed by atoms with Crippen LogP contribution < -0.4 is 0 Å². The van der Waals surface area contributed by atoms with Gasteiger partial charge >= 0.3 is 0 Å². The van der Waals surface area contributed by atoms with Gasteiger partial charge in [0.25, 0.3) is 5.91 Å². The number of piperidine rings is 1. The lowest BCUT2D eigenvalue weighted by Crippen LogP contribution is -2.39. The second-order valence-electron chi connectivity index (χ2n) is 5.60. The van der Waals surface area contributed by atoms with E-state index in [1.807, 2.05) is 28.5 Å². The van der Waals surface area contributed by atoms with Gasteiger partial charge in [-0.15, -0.1) is 17.8 Å². The Kier molecular flexibility index (Phi) is 5.11. The molecule has 2 aromatic rings. The molecule has 5 nitrogen and oxygen atoms in total. The summed E-state index contributed by atoms with van der Waals surface area (Å²) in [6, 6.07) is 5.82. The summed E-state index contributed by atoms with van der Waals surface area (Å²) in [5.41, 5.74) is 1.37. The molecule has 0 unspecified atom stereocenters. The van der Waals surface area contributed by atoms with E-state index in [1.165, 1.54) is 0 Å². The van der Waals surface area contributed by atoms with Crippen LogP contribution >= 0.6 is 11.3 Å². The van der Waals surface area contributed by atoms with Crippen LogP contribution in [0.25, 0.3) is 10.6 Å². The molecule has 3 heterocycles. The van der Waals surface area contributed by atoms with Gasteiger partial charge in [-0.25, -0.2) is 0 Å². The monoisotopic (exact) mass is 329 g/mol. The second-order valence-corrected chi connectivity index (χ2v) is 6.55. The molecule has 23 heavy (non-hydrogen) atoms. The van der Waals surface area contributed by atoms with Crippen LogP contribution in [0.1, 0.15) is 23.3 Å². The summed E-state index contributed by atoms with van der Waals surface area (Å²) in [4.78, 5) is 15.5. The Morgan fingerprint density at radius 3 is 3.04 bits per heavy atom. The summed E-state index contributed by atoms with van der Waals surface area (Å²) in [6.07, 6.45) is 7.06. The van der Waals surface area contributed by atoms with Gasteiger partial charge in [-0.05, 0) is 36.3 Å². The molecular formula is C17H19N3O2S. The van der Waals surface area contributed by atoms with E-state index in [1.54, 1.807) is 11.3 Å². The fourth-order valence-corrected chi connectivity index (χ4v) is 3.43. The highest BCUT2D eigenvalue weighted by molar-refractivity contribution is 7.13. The number of hydrogen-bond acceptors (Lipinski definition) is 4. The van der Waals surface area contributed by atoms with Crippen molar-refractivity contribution in [1.82, 2.24) is 15.1 Å². The number of terminal acetylenes is 1. The maximum atomic E-state index is 12.5. The van der Waals surface area contributed by atoms with E-state index in [-0.39, 0.29) is 5.91 Å². The zero-order valence-electron chi connectivity index (χ0n) is 12.8. The van der Waals surface area contributed by atoms with Crippen molar-refractivity contribution in [1.29, 1.82) is 0 Å². The molecule has 1 aliphatic heterocycles. The van der Waals surface area contributed by atoms with Crippen LogP contribution in [0.15, 0.2) is 23.6 Å². The Balaban J connectivity index is 1.55. The molecular weight excluding hydrogens is 310 g/mol. The quantitative estimate of drug-likeness (QED) is 0.678. The van der Waals surface area contributed by atoms with Crippen molar-refractivity contribution in [2.45, 2.75) is 12.8 Å². The predicted molar refractivity (Wildman–Crippen MR) is 90.2 cm³/mol. The summed E-state index contributed by atoms with van der Waals surface area (Å²) >= 11 is 1.62. The van der Waals surface area contributed by atoms with Crippen LogP contribution in [-0.2, 0) is 4.74 Å². The third kappa shape index (κ3) is 3.81. The third-order valence-electron chi connectivity index (χ3n) is 4.02. The Bertz CT molecular complexity index is 679. The van der Waals surface area contributed by atoms with Crippen LogP contribution in [0.2, 0.25) is 0 Å². The highest BCUT2D eigenvalue weighted by Gasteiger charge is 2.25. The SMILES string of the molecule is C#CCOCC1CCN(C(=O)c2cc(-c3cccs3)[nH]n2)CC1. The van der Waals surface area contributed by atoms with E-state index >= 15 is 0 Å². The molecule has 0 bridgehead atoms. The first-order valence-electron chi connectivity index (χ1n) is 7.67. The Hall–Kier alpha value is -2.10. The van der Waals surface area contributed by atoms with E-state index in [9.17, 15) is 4.79 Å². The first-order chi connectivity index (χ1) is 11.3. The van der Waals surface area contributed by atoms with E-state index in [0.29, 0.717) is 24.8 Å². The van der Waals surface area contributed by atoms with Crippen molar-refractivity contribution < 1.29 is 9.53 Å². The molecule has 1 N–H and O–H groups in total. The number of carbonyl (C=O) groups excluding carboxylic acids is 1. The molecule has 0 aliphatic carbocycles. The van der Waals surface area contributed by atoms with Crippen molar-refractivity contribution in [3.8, 4) is 22.9 Å². The van der Waals surface area contributed by atoms with Crippen LogP contribution in [0, 0.1) is 18.3 Å². The molecule has 1 amide bonds. The van der Waals surface area contributed by atoms with Gasteiger partial charge in [0.1, 0.15) is 6.61 Å². The highest BCUT2D eigenvalue weighted by atomic mass is 32.1. The fraction of sp³-hybridized carbons (Fsp3) is 0.412. The molecule has 0 spiro atoms.